The molecule has 0 aliphatic heterocycles. The van der Waals surface area contributed by atoms with Gasteiger partial charge in [-0.05, 0) is 23.1 Å². The molecule has 0 spiro atoms. The minimum Gasteiger partial charge on any atom is -0.481 e. The molecule has 0 fully saturated rings. The lowest BCUT2D eigenvalue weighted by Crippen LogP contribution is -2.13. The number of nitrogens with one attached hydrogen (secondary N) is 1. The monoisotopic (exact) mass is 306 g/mol. The fourth-order valence-corrected chi connectivity index (χ4v) is 2.43. The zero-order chi connectivity index (χ0) is 16.2. The number of fused-ring (bicyclic) bond motifs is 1. The van der Waals surface area contributed by atoms with Gasteiger partial charge in [-0.15, -0.1) is 0 Å². The third kappa shape index (κ3) is 3.35. The van der Waals surface area contributed by atoms with Gasteiger partial charge in [-0.3, -0.25) is 14.6 Å². The molecule has 0 aliphatic rings. The van der Waals surface area contributed by atoms with Crippen molar-refractivity contribution in [1.82, 2.24) is 4.98 Å². The van der Waals surface area contributed by atoms with Gasteiger partial charge in [-0.25, -0.2) is 0 Å². The van der Waals surface area contributed by atoms with E-state index in [0.29, 0.717) is 16.8 Å². The molecule has 5 heteroatoms. The number of hydrogen-bond donors (Lipinski definition) is 2. The van der Waals surface area contributed by atoms with Crippen LogP contribution in [-0.2, 0) is 11.2 Å². The molecule has 0 aliphatic carbocycles. The molecule has 23 heavy (non-hydrogen) atoms. The lowest BCUT2D eigenvalue weighted by molar-refractivity contribution is -0.136. The Kier molecular flexibility index (Phi) is 4.01. The van der Waals surface area contributed by atoms with Gasteiger partial charge in [0.2, 0.25) is 0 Å². The van der Waals surface area contributed by atoms with Gasteiger partial charge < -0.3 is 10.4 Å². The summed E-state index contributed by atoms with van der Waals surface area (Å²) in [5.74, 6) is -1.19. The summed E-state index contributed by atoms with van der Waals surface area (Å²) < 4.78 is 0. The van der Waals surface area contributed by atoms with Crippen LogP contribution in [0, 0.1) is 0 Å². The summed E-state index contributed by atoms with van der Waals surface area (Å²) in [4.78, 5) is 27.4. The molecule has 0 saturated carbocycles. The molecule has 114 valence electrons. The molecule has 0 radical (unpaired) electrons. The van der Waals surface area contributed by atoms with E-state index >= 15 is 0 Å². The molecule has 1 heterocycles. The van der Waals surface area contributed by atoms with Gasteiger partial charge in [0.25, 0.3) is 5.91 Å². The van der Waals surface area contributed by atoms with Gasteiger partial charge in [0.1, 0.15) is 0 Å². The molecule has 0 bridgehead atoms. The van der Waals surface area contributed by atoms with Gasteiger partial charge in [-0.2, -0.15) is 0 Å². The molecule has 0 atom stereocenters. The van der Waals surface area contributed by atoms with Crippen molar-refractivity contribution < 1.29 is 14.7 Å². The highest BCUT2D eigenvalue weighted by molar-refractivity contribution is 6.12. The normalized spacial score (nSPS) is 10.4. The average molecular weight is 306 g/mol. The summed E-state index contributed by atoms with van der Waals surface area (Å²) in [6.45, 7) is 0. The number of anilines is 1. The third-order valence-corrected chi connectivity index (χ3v) is 3.45. The first-order chi connectivity index (χ1) is 11.1. The second-order valence-corrected chi connectivity index (χ2v) is 5.13. The Balaban J connectivity index is 1.88. The van der Waals surface area contributed by atoms with Crippen molar-refractivity contribution in [3.05, 3.63) is 72.1 Å². The largest absolute Gasteiger partial charge is 0.481 e. The van der Waals surface area contributed by atoms with Crippen LogP contribution in [0.3, 0.4) is 0 Å². The highest BCUT2D eigenvalue weighted by Crippen LogP contribution is 2.19. The Morgan fingerprint density at radius 2 is 1.87 bits per heavy atom. The Morgan fingerprint density at radius 1 is 1.04 bits per heavy atom. The van der Waals surface area contributed by atoms with Crippen LogP contribution < -0.4 is 5.32 Å². The van der Waals surface area contributed by atoms with E-state index in [1.165, 1.54) is 6.20 Å². The highest BCUT2D eigenvalue weighted by atomic mass is 16.4. The maximum absolute atomic E-state index is 12.5. The predicted molar refractivity (Wildman–Crippen MR) is 87.5 cm³/mol. The fourth-order valence-electron chi connectivity index (χ4n) is 2.43. The maximum atomic E-state index is 12.5. The van der Waals surface area contributed by atoms with Crippen molar-refractivity contribution in [1.29, 1.82) is 0 Å². The summed E-state index contributed by atoms with van der Waals surface area (Å²) in [7, 11) is 0. The molecule has 2 aromatic carbocycles. The number of nitrogens with zero attached hydrogens (tertiary/aromatic N) is 1. The first-order valence-electron chi connectivity index (χ1n) is 7.08. The fraction of sp³-hybridized carbons (Fsp3) is 0.0556. The van der Waals surface area contributed by atoms with Crippen molar-refractivity contribution in [2.45, 2.75) is 6.42 Å². The van der Waals surface area contributed by atoms with E-state index in [2.05, 4.69) is 10.3 Å². The molecule has 3 aromatic rings. The topological polar surface area (TPSA) is 79.3 Å². The smallest absolute Gasteiger partial charge is 0.307 e. The number of pyridine rings is 1. The number of aromatic nitrogens is 1. The first kappa shape index (κ1) is 14.7. The maximum Gasteiger partial charge on any atom is 0.307 e. The number of aliphatic carboxylic acids is 1. The molecular formula is C18H14N2O3. The number of carbonyl (C=O) groups excluding carboxylic acids is 1. The number of carbonyl (C=O) groups is 2. The van der Waals surface area contributed by atoms with E-state index in [1.807, 2.05) is 24.3 Å². The van der Waals surface area contributed by atoms with Crippen LogP contribution >= 0.6 is 0 Å². The van der Waals surface area contributed by atoms with Crippen LogP contribution in [0.5, 0.6) is 0 Å². The molecule has 1 amide bonds. The minimum atomic E-state index is -0.910. The second-order valence-electron chi connectivity index (χ2n) is 5.13. The molecule has 1 aromatic heterocycles. The Labute approximate surface area is 132 Å². The minimum absolute atomic E-state index is 0.0838. The second kappa shape index (κ2) is 6.27. The summed E-state index contributed by atoms with van der Waals surface area (Å²) >= 11 is 0. The number of hydrogen-bond acceptors (Lipinski definition) is 3. The summed E-state index contributed by atoms with van der Waals surface area (Å²) in [5, 5.41) is 13.3. The first-order valence-corrected chi connectivity index (χ1v) is 7.08. The zero-order valence-electron chi connectivity index (χ0n) is 12.2. The van der Waals surface area contributed by atoms with Crippen LogP contribution in [0.15, 0.2) is 60.9 Å². The number of benzene rings is 2. The zero-order valence-corrected chi connectivity index (χ0v) is 12.2. The summed E-state index contributed by atoms with van der Waals surface area (Å²) in [5.41, 5.74) is 1.67. The number of carboxylic acids is 1. The van der Waals surface area contributed by atoms with E-state index in [0.717, 1.165) is 10.8 Å². The number of amides is 1. The quantitative estimate of drug-likeness (QED) is 0.776. The third-order valence-electron chi connectivity index (χ3n) is 3.45. The lowest BCUT2D eigenvalue weighted by atomic mass is 10.1. The van der Waals surface area contributed by atoms with Crippen LogP contribution in [-0.4, -0.2) is 22.0 Å². The number of rotatable bonds is 4. The van der Waals surface area contributed by atoms with Crippen molar-refractivity contribution in [2.24, 2.45) is 0 Å². The average Bonchev–Trinajstić information content (AvgIpc) is 2.54. The van der Waals surface area contributed by atoms with Crippen LogP contribution in [0.1, 0.15) is 15.9 Å². The van der Waals surface area contributed by atoms with Gasteiger partial charge in [-0.1, -0.05) is 36.4 Å². The molecule has 0 saturated heterocycles. The molecular weight excluding hydrogens is 292 g/mol. The van der Waals surface area contributed by atoms with E-state index in [9.17, 15) is 9.59 Å². The molecule has 0 unspecified atom stereocenters. The van der Waals surface area contributed by atoms with Gasteiger partial charge in [0, 0.05) is 23.5 Å². The van der Waals surface area contributed by atoms with E-state index < -0.39 is 5.97 Å². The van der Waals surface area contributed by atoms with Crippen LogP contribution in [0.2, 0.25) is 0 Å². The Bertz CT molecular complexity index is 885. The lowest BCUT2D eigenvalue weighted by Gasteiger charge is -2.08. The van der Waals surface area contributed by atoms with Gasteiger partial charge in [0.05, 0.1) is 12.0 Å². The van der Waals surface area contributed by atoms with Crippen LogP contribution in [0.25, 0.3) is 10.8 Å². The SMILES string of the molecule is O=C(O)Cc1cccc(NC(=O)c2cncc3ccccc23)c1. The highest BCUT2D eigenvalue weighted by Gasteiger charge is 2.11. The van der Waals surface area contributed by atoms with E-state index in [-0.39, 0.29) is 12.3 Å². The van der Waals surface area contributed by atoms with E-state index in [4.69, 9.17) is 5.11 Å². The Hall–Kier alpha value is -3.21. The standard InChI is InChI=1S/C18H14N2O3/c21-17(22)9-12-4-3-6-14(8-12)20-18(23)16-11-19-10-13-5-1-2-7-15(13)16/h1-8,10-11H,9H2,(H,20,23)(H,21,22). The van der Waals surface area contributed by atoms with Crippen LogP contribution in [0.4, 0.5) is 5.69 Å². The van der Waals surface area contributed by atoms with Crippen molar-refractivity contribution in [2.75, 3.05) is 5.32 Å². The molecule has 3 rings (SSSR count). The van der Waals surface area contributed by atoms with E-state index in [1.54, 1.807) is 30.5 Å². The predicted octanol–water partition coefficient (Wildman–Crippen LogP) is 3.11. The van der Waals surface area contributed by atoms with Crippen molar-refractivity contribution >= 4 is 28.3 Å². The van der Waals surface area contributed by atoms with Gasteiger partial charge >= 0.3 is 5.97 Å². The van der Waals surface area contributed by atoms with Crippen molar-refractivity contribution in [3.8, 4) is 0 Å². The van der Waals surface area contributed by atoms with Crippen molar-refractivity contribution in [3.63, 3.8) is 0 Å². The van der Waals surface area contributed by atoms with Gasteiger partial charge in [0.15, 0.2) is 0 Å². The summed E-state index contributed by atoms with van der Waals surface area (Å²) in [6.07, 6.45) is 3.15. The molecule has 2 N–H and O–H groups in total. The molecule has 5 nitrogen and oxygen atoms in total. The number of carboxylic acid groups (broad SMARTS) is 1. The summed E-state index contributed by atoms with van der Waals surface area (Å²) in [6, 6.07) is 14.3. The Morgan fingerprint density at radius 3 is 2.70 bits per heavy atom.